The molecule has 2 aromatic carbocycles. The van der Waals surface area contributed by atoms with E-state index >= 15 is 0 Å². The van der Waals surface area contributed by atoms with E-state index in [-0.39, 0.29) is 0 Å². The van der Waals surface area contributed by atoms with Crippen molar-refractivity contribution in [2.24, 2.45) is 0 Å². The summed E-state index contributed by atoms with van der Waals surface area (Å²) in [5.41, 5.74) is 1.35. The molecule has 92 valence electrons. The summed E-state index contributed by atoms with van der Waals surface area (Å²) in [6.45, 7) is 1.18. The van der Waals surface area contributed by atoms with Crippen LogP contribution in [0.5, 0.6) is 0 Å². The van der Waals surface area contributed by atoms with Gasteiger partial charge in [0.25, 0.3) is 0 Å². The highest BCUT2D eigenvalue weighted by Crippen LogP contribution is 2.35. The Morgan fingerprint density at radius 1 is 0.889 bits per heavy atom. The van der Waals surface area contributed by atoms with Crippen LogP contribution in [0.4, 0.5) is 5.69 Å². The predicted molar refractivity (Wildman–Crippen MR) is 79.1 cm³/mol. The first-order valence-electron chi connectivity index (χ1n) is 6.47. The third-order valence-electron chi connectivity index (χ3n) is 3.30. The van der Waals surface area contributed by atoms with Crippen LogP contribution in [0.2, 0.25) is 0 Å². The molecule has 2 aromatic rings. The van der Waals surface area contributed by atoms with Crippen LogP contribution in [0, 0.1) is 0 Å². The fourth-order valence-corrected chi connectivity index (χ4v) is 3.70. The van der Waals surface area contributed by atoms with Gasteiger partial charge in [-0.2, -0.15) is 0 Å². The summed E-state index contributed by atoms with van der Waals surface area (Å²) in [4.78, 5) is 3.89. The van der Waals surface area contributed by atoms with E-state index in [2.05, 4.69) is 65.6 Å². The van der Waals surface area contributed by atoms with Crippen LogP contribution in [-0.4, -0.2) is 11.9 Å². The zero-order chi connectivity index (χ0) is 12.2. The maximum atomic E-state index is 2.53. The lowest BCUT2D eigenvalue weighted by Crippen LogP contribution is -2.26. The van der Waals surface area contributed by atoms with Gasteiger partial charge in [0.2, 0.25) is 0 Å². The Kier molecular flexibility index (Phi) is 3.56. The molecule has 1 fully saturated rings. The van der Waals surface area contributed by atoms with Gasteiger partial charge in [0.05, 0.1) is 5.37 Å². The van der Waals surface area contributed by atoms with Gasteiger partial charge in [-0.25, -0.2) is 0 Å². The highest BCUT2D eigenvalue weighted by Gasteiger charge is 2.25. The number of anilines is 1. The van der Waals surface area contributed by atoms with E-state index < -0.39 is 0 Å². The maximum absolute atomic E-state index is 2.53. The van der Waals surface area contributed by atoms with Crippen LogP contribution in [0.3, 0.4) is 0 Å². The Bertz CT molecular complexity index is 483. The largest absolute Gasteiger partial charge is 0.359 e. The van der Waals surface area contributed by atoms with E-state index in [1.165, 1.54) is 30.0 Å². The number of hydrogen-bond donors (Lipinski definition) is 0. The van der Waals surface area contributed by atoms with Gasteiger partial charge in [0.15, 0.2) is 0 Å². The Hall–Kier alpha value is -1.41. The molecule has 0 N–H and O–H groups in total. The molecule has 1 heterocycles. The van der Waals surface area contributed by atoms with Gasteiger partial charge >= 0.3 is 0 Å². The van der Waals surface area contributed by atoms with E-state index in [1.54, 1.807) is 0 Å². The second kappa shape index (κ2) is 5.49. The molecule has 0 spiro atoms. The minimum absolute atomic E-state index is 0.579. The molecule has 2 heteroatoms. The Morgan fingerprint density at radius 3 is 2.28 bits per heavy atom. The van der Waals surface area contributed by atoms with Crippen molar-refractivity contribution in [2.75, 3.05) is 11.4 Å². The van der Waals surface area contributed by atoms with Crippen molar-refractivity contribution in [3.05, 3.63) is 60.7 Å². The van der Waals surface area contributed by atoms with Crippen molar-refractivity contribution < 1.29 is 0 Å². The molecule has 1 nitrogen and oxygen atoms in total. The van der Waals surface area contributed by atoms with Crippen LogP contribution in [-0.2, 0) is 0 Å². The molecular formula is C16H17NS. The second-order valence-corrected chi connectivity index (χ2v) is 5.81. The van der Waals surface area contributed by atoms with E-state index in [0.717, 1.165) is 0 Å². The lowest BCUT2D eigenvalue weighted by Gasteiger charge is -2.26. The molecule has 0 aromatic heterocycles. The molecular weight excluding hydrogens is 238 g/mol. The van der Waals surface area contributed by atoms with Crippen molar-refractivity contribution in [1.29, 1.82) is 0 Å². The van der Waals surface area contributed by atoms with Gasteiger partial charge in [-0.3, -0.25) is 0 Å². The van der Waals surface area contributed by atoms with Gasteiger partial charge in [0.1, 0.15) is 0 Å². The first-order valence-corrected chi connectivity index (χ1v) is 7.35. The Labute approximate surface area is 113 Å². The zero-order valence-corrected chi connectivity index (χ0v) is 11.1. The standard InChI is InChI=1S/C16H17NS/c1-3-8-14(9-4-1)17-13-7-12-16(17)18-15-10-5-2-6-11-15/h1-6,8-11,16H,7,12-13H2. The van der Waals surface area contributed by atoms with Crippen molar-refractivity contribution in [1.82, 2.24) is 0 Å². The topological polar surface area (TPSA) is 3.24 Å². The summed E-state index contributed by atoms with van der Waals surface area (Å²) in [6.07, 6.45) is 2.56. The minimum Gasteiger partial charge on any atom is -0.359 e. The lowest BCUT2D eigenvalue weighted by molar-refractivity contribution is 0.894. The van der Waals surface area contributed by atoms with Crippen LogP contribution < -0.4 is 4.90 Å². The van der Waals surface area contributed by atoms with Gasteiger partial charge in [-0.15, -0.1) is 11.8 Å². The third kappa shape index (κ3) is 2.54. The maximum Gasteiger partial charge on any atom is 0.0797 e. The molecule has 1 atom stereocenters. The van der Waals surface area contributed by atoms with E-state index in [9.17, 15) is 0 Å². The summed E-state index contributed by atoms with van der Waals surface area (Å²) in [6, 6.07) is 21.5. The zero-order valence-electron chi connectivity index (χ0n) is 10.3. The van der Waals surface area contributed by atoms with Crippen molar-refractivity contribution in [2.45, 2.75) is 23.1 Å². The quantitative estimate of drug-likeness (QED) is 0.799. The molecule has 1 unspecified atom stereocenters. The molecule has 0 aliphatic carbocycles. The smallest absolute Gasteiger partial charge is 0.0797 e. The summed E-state index contributed by atoms with van der Waals surface area (Å²) < 4.78 is 0. The Balaban J connectivity index is 1.76. The number of benzene rings is 2. The van der Waals surface area contributed by atoms with Gasteiger partial charge in [-0.05, 0) is 37.1 Å². The number of hydrogen-bond acceptors (Lipinski definition) is 2. The molecule has 3 rings (SSSR count). The monoisotopic (exact) mass is 255 g/mol. The SMILES string of the molecule is c1ccc(SC2CCCN2c2ccccc2)cc1. The molecule has 0 bridgehead atoms. The van der Waals surface area contributed by atoms with Gasteiger partial charge < -0.3 is 4.90 Å². The highest BCUT2D eigenvalue weighted by molar-refractivity contribution is 8.00. The number of rotatable bonds is 3. The second-order valence-electron chi connectivity index (χ2n) is 4.56. The fraction of sp³-hybridized carbons (Fsp3) is 0.250. The molecule has 18 heavy (non-hydrogen) atoms. The first-order chi connectivity index (χ1) is 8.93. The van der Waals surface area contributed by atoms with Crippen LogP contribution in [0.15, 0.2) is 65.6 Å². The summed E-state index contributed by atoms with van der Waals surface area (Å²) in [5, 5.41) is 0.579. The number of nitrogens with zero attached hydrogens (tertiary/aromatic N) is 1. The van der Waals surface area contributed by atoms with Crippen LogP contribution >= 0.6 is 11.8 Å². The summed E-state index contributed by atoms with van der Waals surface area (Å²) in [7, 11) is 0. The van der Waals surface area contributed by atoms with Crippen LogP contribution in [0.25, 0.3) is 0 Å². The molecule has 1 saturated heterocycles. The summed E-state index contributed by atoms with van der Waals surface area (Å²) in [5.74, 6) is 0. The highest BCUT2D eigenvalue weighted by atomic mass is 32.2. The summed E-state index contributed by atoms with van der Waals surface area (Å²) >= 11 is 1.98. The molecule has 0 amide bonds. The Morgan fingerprint density at radius 2 is 1.56 bits per heavy atom. The fourth-order valence-electron chi connectivity index (χ4n) is 2.43. The van der Waals surface area contributed by atoms with Gasteiger partial charge in [-0.1, -0.05) is 36.4 Å². The molecule has 1 aliphatic heterocycles. The van der Waals surface area contributed by atoms with Crippen molar-refractivity contribution in [3.8, 4) is 0 Å². The lowest BCUT2D eigenvalue weighted by atomic mass is 10.3. The van der Waals surface area contributed by atoms with Crippen LogP contribution in [0.1, 0.15) is 12.8 Å². The van der Waals surface area contributed by atoms with E-state index in [0.29, 0.717) is 5.37 Å². The predicted octanol–water partition coefficient (Wildman–Crippen LogP) is 4.41. The average Bonchev–Trinajstić information content (AvgIpc) is 2.89. The van der Waals surface area contributed by atoms with E-state index in [1.807, 2.05) is 11.8 Å². The number of thioether (sulfide) groups is 1. The average molecular weight is 255 g/mol. The number of para-hydroxylation sites is 1. The van der Waals surface area contributed by atoms with Gasteiger partial charge in [0, 0.05) is 17.1 Å². The van der Waals surface area contributed by atoms with Crippen molar-refractivity contribution >= 4 is 17.4 Å². The molecule has 0 saturated carbocycles. The van der Waals surface area contributed by atoms with Crippen molar-refractivity contribution in [3.63, 3.8) is 0 Å². The molecule has 1 aliphatic rings. The third-order valence-corrected chi connectivity index (χ3v) is 4.61. The molecule has 0 radical (unpaired) electrons. The minimum atomic E-state index is 0.579. The normalized spacial score (nSPS) is 19.1. The van der Waals surface area contributed by atoms with E-state index in [4.69, 9.17) is 0 Å². The first kappa shape index (κ1) is 11.7.